The first-order chi connectivity index (χ1) is 10.0. The van der Waals surface area contributed by atoms with E-state index in [2.05, 4.69) is 0 Å². The lowest BCUT2D eigenvalue weighted by Crippen LogP contribution is -2.38. The molecule has 0 radical (unpaired) electrons. The maximum Gasteiger partial charge on any atom is 0.244 e. The largest absolute Gasteiger partial charge is 0.390 e. The molecule has 1 aromatic heterocycles. The molecular formula is C15H24N2O3S. The van der Waals surface area contributed by atoms with Gasteiger partial charge in [0.05, 0.1) is 6.61 Å². The quantitative estimate of drug-likeness (QED) is 0.927. The normalized spacial score (nSPS) is 25.0. The standard InChI is InChI=1S/C15H24N2O3S/c1-12-5-3-2-4-8-17(12)21(19,20)15-9-14(11-18)16(10-15)13-6-7-13/h9-10,12-13,18H,2-8,11H2,1H3. The van der Waals surface area contributed by atoms with Gasteiger partial charge in [-0.25, -0.2) is 8.42 Å². The molecule has 6 heteroatoms. The van der Waals surface area contributed by atoms with Crippen LogP contribution in [0.25, 0.3) is 0 Å². The van der Waals surface area contributed by atoms with Crippen LogP contribution in [0.5, 0.6) is 0 Å². The zero-order chi connectivity index (χ0) is 15.0. The summed E-state index contributed by atoms with van der Waals surface area (Å²) >= 11 is 0. The lowest BCUT2D eigenvalue weighted by atomic mass is 10.1. The van der Waals surface area contributed by atoms with E-state index >= 15 is 0 Å². The smallest absolute Gasteiger partial charge is 0.244 e. The van der Waals surface area contributed by atoms with Crippen LogP contribution in [0.3, 0.4) is 0 Å². The molecule has 0 spiro atoms. The molecule has 1 saturated carbocycles. The summed E-state index contributed by atoms with van der Waals surface area (Å²) in [5, 5.41) is 9.45. The van der Waals surface area contributed by atoms with Gasteiger partial charge >= 0.3 is 0 Å². The minimum Gasteiger partial charge on any atom is -0.390 e. The Morgan fingerprint density at radius 3 is 2.67 bits per heavy atom. The zero-order valence-electron chi connectivity index (χ0n) is 12.5. The van der Waals surface area contributed by atoms with Gasteiger partial charge in [0.1, 0.15) is 4.90 Å². The van der Waals surface area contributed by atoms with Crippen molar-refractivity contribution >= 4 is 10.0 Å². The van der Waals surface area contributed by atoms with Gasteiger partial charge in [-0.2, -0.15) is 4.31 Å². The Balaban J connectivity index is 1.93. The molecule has 0 amide bonds. The number of aliphatic hydroxyl groups is 1. The van der Waals surface area contributed by atoms with Gasteiger partial charge < -0.3 is 9.67 Å². The van der Waals surface area contributed by atoms with Crippen molar-refractivity contribution in [2.75, 3.05) is 6.54 Å². The predicted octanol–water partition coefficient (Wildman–Crippen LogP) is 2.27. The van der Waals surface area contributed by atoms with Crippen molar-refractivity contribution in [3.8, 4) is 0 Å². The maximum absolute atomic E-state index is 12.9. The van der Waals surface area contributed by atoms with Crippen molar-refractivity contribution in [3.63, 3.8) is 0 Å². The SMILES string of the molecule is CC1CCCCCN1S(=O)(=O)c1cc(CO)n(C2CC2)c1. The van der Waals surface area contributed by atoms with E-state index in [1.54, 1.807) is 16.6 Å². The van der Waals surface area contributed by atoms with Crippen molar-refractivity contribution in [2.24, 2.45) is 0 Å². The molecule has 2 aliphatic rings. The average Bonchev–Trinajstić information content (AvgIpc) is 3.23. The van der Waals surface area contributed by atoms with Crippen LogP contribution < -0.4 is 0 Å². The number of aromatic nitrogens is 1. The molecule has 1 N–H and O–H groups in total. The van der Waals surface area contributed by atoms with Gasteiger partial charge in [0.2, 0.25) is 10.0 Å². The summed E-state index contributed by atoms with van der Waals surface area (Å²) in [6, 6.07) is 2.07. The monoisotopic (exact) mass is 312 g/mol. The lowest BCUT2D eigenvalue weighted by molar-refractivity contribution is 0.270. The van der Waals surface area contributed by atoms with Crippen molar-refractivity contribution in [3.05, 3.63) is 18.0 Å². The van der Waals surface area contributed by atoms with Crippen molar-refractivity contribution in [1.29, 1.82) is 0 Å². The third kappa shape index (κ3) is 2.89. The predicted molar refractivity (Wildman–Crippen MR) is 80.4 cm³/mol. The number of hydrogen-bond donors (Lipinski definition) is 1. The molecule has 0 aromatic carbocycles. The molecule has 1 aliphatic heterocycles. The molecule has 1 aromatic rings. The number of aliphatic hydroxyl groups excluding tert-OH is 1. The molecule has 5 nitrogen and oxygen atoms in total. The Labute approximate surface area is 126 Å². The van der Waals surface area contributed by atoms with Crippen LogP contribution in [0.4, 0.5) is 0 Å². The summed E-state index contributed by atoms with van der Waals surface area (Å²) in [5.74, 6) is 0. The molecule has 1 atom stereocenters. The second kappa shape index (κ2) is 5.74. The molecule has 2 heterocycles. The first-order valence-corrected chi connectivity index (χ1v) is 9.31. The molecular weight excluding hydrogens is 288 g/mol. The van der Waals surface area contributed by atoms with Crippen molar-refractivity contribution < 1.29 is 13.5 Å². The Kier molecular flexibility index (Phi) is 4.12. The summed E-state index contributed by atoms with van der Waals surface area (Å²) in [4.78, 5) is 0.340. The Morgan fingerprint density at radius 2 is 2.00 bits per heavy atom. The van der Waals surface area contributed by atoms with Crippen LogP contribution in [0.1, 0.15) is 57.2 Å². The van der Waals surface area contributed by atoms with E-state index in [9.17, 15) is 13.5 Å². The second-order valence-corrected chi connectivity index (χ2v) is 8.17. The van der Waals surface area contributed by atoms with E-state index in [0.29, 0.717) is 23.2 Å². The highest BCUT2D eigenvalue weighted by Gasteiger charge is 2.33. The minimum absolute atomic E-state index is 0.0550. The van der Waals surface area contributed by atoms with Crippen LogP contribution in [0.2, 0.25) is 0 Å². The molecule has 0 bridgehead atoms. The maximum atomic E-state index is 12.9. The summed E-state index contributed by atoms with van der Waals surface area (Å²) in [6.45, 7) is 2.49. The van der Waals surface area contributed by atoms with Gasteiger partial charge in [0, 0.05) is 30.5 Å². The first-order valence-electron chi connectivity index (χ1n) is 7.87. The van der Waals surface area contributed by atoms with E-state index in [4.69, 9.17) is 0 Å². The first kappa shape index (κ1) is 15.1. The third-order valence-electron chi connectivity index (χ3n) is 4.61. The lowest BCUT2D eigenvalue weighted by Gasteiger charge is -2.25. The molecule has 1 aliphatic carbocycles. The molecule has 21 heavy (non-hydrogen) atoms. The molecule has 1 unspecified atom stereocenters. The van der Waals surface area contributed by atoms with Gasteiger partial charge in [-0.15, -0.1) is 0 Å². The van der Waals surface area contributed by atoms with Gasteiger partial charge in [-0.05, 0) is 38.7 Å². The minimum atomic E-state index is -3.45. The Morgan fingerprint density at radius 1 is 1.24 bits per heavy atom. The zero-order valence-corrected chi connectivity index (χ0v) is 13.3. The number of sulfonamides is 1. The van der Waals surface area contributed by atoms with Gasteiger partial charge in [-0.1, -0.05) is 12.8 Å². The van der Waals surface area contributed by atoms with Crippen LogP contribution in [-0.2, 0) is 16.6 Å². The van der Waals surface area contributed by atoms with Gasteiger partial charge in [0.15, 0.2) is 0 Å². The summed E-state index contributed by atoms with van der Waals surface area (Å²) in [6.07, 6.45) is 7.91. The fraction of sp³-hybridized carbons (Fsp3) is 0.733. The molecule has 118 valence electrons. The van der Waals surface area contributed by atoms with Crippen molar-refractivity contribution in [1.82, 2.24) is 8.87 Å². The highest BCUT2D eigenvalue weighted by molar-refractivity contribution is 7.89. The third-order valence-corrected chi connectivity index (χ3v) is 6.59. The average molecular weight is 312 g/mol. The number of nitrogens with zero attached hydrogens (tertiary/aromatic N) is 2. The molecule has 3 rings (SSSR count). The van der Waals surface area contributed by atoms with Crippen molar-refractivity contribution in [2.45, 2.75) is 69.0 Å². The van der Waals surface area contributed by atoms with Gasteiger partial charge in [-0.3, -0.25) is 0 Å². The Hall–Kier alpha value is -0.850. The fourth-order valence-electron chi connectivity index (χ4n) is 3.20. The summed E-state index contributed by atoms with van der Waals surface area (Å²) in [5.41, 5.74) is 0.707. The molecule has 2 fully saturated rings. The number of rotatable bonds is 4. The number of hydrogen-bond acceptors (Lipinski definition) is 3. The summed E-state index contributed by atoms with van der Waals surface area (Å²) in [7, 11) is -3.45. The topological polar surface area (TPSA) is 62.5 Å². The van der Waals surface area contributed by atoms with Crippen LogP contribution >= 0.6 is 0 Å². The highest BCUT2D eigenvalue weighted by Crippen LogP contribution is 2.38. The van der Waals surface area contributed by atoms with Crippen LogP contribution in [0.15, 0.2) is 17.2 Å². The summed E-state index contributed by atoms with van der Waals surface area (Å²) < 4.78 is 29.4. The van der Waals surface area contributed by atoms with E-state index in [0.717, 1.165) is 38.5 Å². The van der Waals surface area contributed by atoms with Gasteiger partial charge in [0.25, 0.3) is 0 Å². The fourth-order valence-corrected chi connectivity index (χ4v) is 4.95. The van der Waals surface area contributed by atoms with Crippen LogP contribution in [-0.4, -0.2) is 35.0 Å². The second-order valence-electron chi connectivity index (χ2n) is 6.28. The Bertz CT molecular complexity index is 604. The van der Waals surface area contributed by atoms with E-state index < -0.39 is 10.0 Å². The van der Waals surface area contributed by atoms with Crippen LogP contribution in [0, 0.1) is 0 Å². The highest BCUT2D eigenvalue weighted by atomic mass is 32.2. The van der Waals surface area contributed by atoms with E-state index in [-0.39, 0.29) is 12.6 Å². The van der Waals surface area contributed by atoms with E-state index in [1.165, 1.54) is 0 Å². The van der Waals surface area contributed by atoms with E-state index in [1.807, 2.05) is 11.5 Å². The molecule has 1 saturated heterocycles.